The lowest BCUT2D eigenvalue weighted by atomic mass is 10.1. The van der Waals surface area contributed by atoms with E-state index in [-0.39, 0.29) is 14.1 Å². The molecule has 0 fully saturated rings. The fraction of sp³-hybridized carbons (Fsp3) is 0.200. The predicted octanol–water partition coefficient (Wildman–Crippen LogP) is 4.15. The lowest BCUT2D eigenvalue weighted by molar-refractivity contribution is 1.37. The van der Waals surface area contributed by atoms with Crippen LogP contribution in [-0.4, -0.2) is 24.1 Å². The summed E-state index contributed by atoms with van der Waals surface area (Å²) in [7, 11) is 0. The molecule has 0 N–H and O–H groups in total. The van der Waals surface area contributed by atoms with Gasteiger partial charge in [-0.3, -0.25) is 9.97 Å². The Morgan fingerprint density at radius 2 is 1.11 bits per heavy atom. The van der Waals surface area contributed by atoms with E-state index in [4.69, 9.17) is 0 Å². The Labute approximate surface area is 112 Å². The number of rotatable bonds is 0. The van der Waals surface area contributed by atoms with Crippen LogP contribution in [-0.2, 0) is 0 Å². The van der Waals surface area contributed by atoms with Crippen LogP contribution in [0.1, 0.15) is 0 Å². The largest absolute Gasteiger partial charge is 0.254 e. The SMILES string of the molecule is [CH3][Al]([CH3])[CH3].c1cnc2c(c1)ccc1cccnc12. The van der Waals surface area contributed by atoms with Gasteiger partial charge < -0.3 is 0 Å². The smallest absolute Gasteiger partial charge is 0.251 e. The fourth-order valence-corrected chi connectivity index (χ4v) is 1.68. The van der Waals surface area contributed by atoms with E-state index in [2.05, 4.69) is 51.6 Å². The van der Waals surface area contributed by atoms with Gasteiger partial charge in [-0.2, -0.15) is 0 Å². The Morgan fingerprint density at radius 3 is 1.50 bits per heavy atom. The molecule has 2 heterocycles. The monoisotopic (exact) mass is 252 g/mol. The third-order valence-corrected chi connectivity index (χ3v) is 2.34. The topological polar surface area (TPSA) is 25.8 Å². The Hall–Kier alpha value is -1.43. The summed E-state index contributed by atoms with van der Waals surface area (Å²) in [5.74, 6) is 6.92. The van der Waals surface area contributed by atoms with Crippen molar-refractivity contribution in [3.63, 3.8) is 0 Å². The first-order valence-electron chi connectivity index (χ1n) is 6.27. The molecular weight excluding hydrogens is 235 g/mol. The molecule has 2 nitrogen and oxygen atoms in total. The summed E-state index contributed by atoms with van der Waals surface area (Å²) in [5, 5.41) is 2.28. The van der Waals surface area contributed by atoms with Gasteiger partial charge in [0, 0.05) is 23.2 Å². The number of nitrogens with zero attached hydrogens (tertiary/aromatic N) is 2. The lowest BCUT2D eigenvalue weighted by Gasteiger charge is -2.00. The van der Waals surface area contributed by atoms with E-state index in [9.17, 15) is 0 Å². The minimum atomic E-state index is -0.139. The number of pyridine rings is 2. The summed E-state index contributed by atoms with van der Waals surface area (Å²) in [5.41, 5.74) is 1.95. The van der Waals surface area contributed by atoms with Crippen molar-refractivity contribution in [3.05, 3.63) is 48.8 Å². The van der Waals surface area contributed by atoms with Crippen LogP contribution < -0.4 is 0 Å². The summed E-state index contributed by atoms with van der Waals surface area (Å²) in [6.45, 7) is 0. The highest BCUT2D eigenvalue weighted by Crippen LogP contribution is 2.20. The van der Waals surface area contributed by atoms with Crippen molar-refractivity contribution in [1.29, 1.82) is 0 Å². The van der Waals surface area contributed by atoms with Gasteiger partial charge in [0.05, 0.1) is 11.0 Å². The average Bonchev–Trinajstić information content (AvgIpc) is 2.38. The highest BCUT2D eigenvalue weighted by molar-refractivity contribution is 6.54. The van der Waals surface area contributed by atoms with Crippen molar-refractivity contribution in [3.8, 4) is 0 Å². The van der Waals surface area contributed by atoms with Gasteiger partial charge in [0.15, 0.2) is 0 Å². The third-order valence-electron chi connectivity index (χ3n) is 2.34. The van der Waals surface area contributed by atoms with Gasteiger partial charge >= 0.3 is 0 Å². The molecule has 3 rings (SSSR count). The molecule has 0 aliphatic carbocycles. The first-order valence-corrected chi connectivity index (χ1v) is 9.73. The Balaban J connectivity index is 0.000000267. The fourth-order valence-electron chi connectivity index (χ4n) is 1.68. The minimum Gasteiger partial charge on any atom is -0.254 e. The summed E-state index contributed by atoms with van der Waals surface area (Å²) in [4.78, 5) is 8.69. The molecule has 0 saturated heterocycles. The van der Waals surface area contributed by atoms with Crippen LogP contribution in [0.2, 0.25) is 17.4 Å². The molecule has 0 bridgehead atoms. The van der Waals surface area contributed by atoms with Gasteiger partial charge in [0.2, 0.25) is 0 Å². The van der Waals surface area contributed by atoms with Gasteiger partial charge in [-0.1, -0.05) is 24.3 Å². The van der Waals surface area contributed by atoms with Crippen LogP contribution in [0.25, 0.3) is 21.8 Å². The normalized spacial score (nSPS) is 9.94. The van der Waals surface area contributed by atoms with Gasteiger partial charge in [-0.05, 0) is 12.1 Å². The number of benzene rings is 1. The van der Waals surface area contributed by atoms with Crippen LogP contribution in [0.5, 0.6) is 0 Å². The second-order valence-corrected chi connectivity index (χ2v) is 8.41. The maximum Gasteiger partial charge on any atom is 0.251 e. The zero-order valence-electron chi connectivity index (χ0n) is 11.1. The van der Waals surface area contributed by atoms with E-state index in [0.717, 1.165) is 21.8 Å². The molecule has 1 aromatic carbocycles. The van der Waals surface area contributed by atoms with Crippen LogP contribution >= 0.6 is 0 Å². The molecular formula is C15H17AlN2. The Bertz CT molecular complexity index is 592. The molecule has 0 unspecified atom stereocenters. The predicted molar refractivity (Wildman–Crippen MR) is 80.4 cm³/mol. The average molecular weight is 252 g/mol. The molecule has 0 radical (unpaired) electrons. The Kier molecular flexibility index (Phi) is 4.30. The van der Waals surface area contributed by atoms with Crippen molar-refractivity contribution in [2.75, 3.05) is 0 Å². The van der Waals surface area contributed by atoms with Crippen LogP contribution in [0.4, 0.5) is 0 Å². The standard InChI is InChI=1S/C12H8N2.3CH3.Al/c1-3-9-5-6-10-4-2-8-14-12(10)11(9)13-7-1;;;;/h1-8H;3*1H3;. The first kappa shape index (κ1) is 13.0. The van der Waals surface area contributed by atoms with E-state index >= 15 is 0 Å². The molecule has 0 amide bonds. The molecule has 3 heteroatoms. The number of fused-ring (bicyclic) bond motifs is 3. The van der Waals surface area contributed by atoms with E-state index < -0.39 is 0 Å². The van der Waals surface area contributed by atoms with Gasteiger partial charge in [-0.25, -0.2) is 0 Å². The molecule has 90 valence electrons. The molecule has 3 aromatic rings. The molecule has 0 aliphatic heterocycles. The van der Waals surface area contributed by atoms with Gasteiger partial charge in [0.25, 0.3) is 14.1 Å². The lowest BCUT2D eigenvalue weighted by Crippen LogP contribution is -1.84. The summed E-state index contributed by atoms with van der Waals surface area (Å²) in [6.07, 6.45) is 3.60. The maximum atomic E-state index is 4.35. The molecule has 0 atom stereocenters. The van der Waals surface area contributed by atoms with E-state index in [0.29, 0.717) is 0 Å². The zero-order valence-corrected chi connectivity index (χ0v) is 12.2. The van der Waals surface area contributed by atoms with Crippen LogP contribution in [0.3, 0.4) is 0 Å². The van der Waals surface area contributed by atoms with Crippen LogP contribution in [0.15, 0.2) is 48.8 Å². The summed E-state index contributed by atoms with van der Waals surface area (Å²) < 4.78 is 0. The number of aromatic nitrogens is 2. The van der Waals surface area contributed by atoms with Crippen molar-refractivity contribution in [1.82, 2.24) is 9.97 Å². The van der Waals surface area contributed by atoms with Crippen molar-refractivity contribution in [2.45, 2.75) is 17.4 Å². The zero-order chi connectivity index (χ0) is 13.0. The second kappa shape index (κ2) is 5.95. The van der Waals surface area contributed by atoms with E-state index in [1.165, 1.54) is 0 Å². The second-order valence-electron chi connectivity index (χ2n) is 4.95. The Morgan fingerprint density at radius 1 is 0.722 bits per heavy atom. The van der Waals surface area contributed by atoms with Gasteiger partial charge in [0.1, 0.15) is 0 Å². The van der Waals surface area contributed by atoms with Crippen molar-refractivity contribution in [2.24, 2.45) is 0 Å². The maximum absolute atomic E-state index is 4.35. The number of hydrogen-bond acceptors (Lipinski definition) is 2. The third kappa shape index (κ3) is 3.07. The van der Waals surface area contributed by atoms with Crippen molar-refractivity contribution < 1.29 is 0 Å². The highest BCUT2D eigenvalue weighted by atomic mass is 27.2. The summed E-state index contributed by atoms with van der Waals surface area (Å²) in [6, 6.07) is 12.1. The molecule has 0 saturated carbocycles. The van der Waals surface area contributed by atoms with Gasteiger partial charge in [-0.15, -0.1) is 17.4 Å². The van der Waals surface area contributed by atoms with Crippen molar-refractivity contribution >= 4 is 36.0 Å². The quantitative estimate of drug-likeness (QED) is 0.443. The number of hydrogen-bond donors (Lipinski definition) is 0. The van der Waals surface area contributed by atoms with E-state index in [1.54, 1.807) is 12.4 Å². The molecule has 0 aliphatic rings. The molecule has 0 spiro atoms. The first-order chi connectivity index (χ1) is 8.68. The molecule has 2 aromatic heterocycles. The highest BCUT2D eigenvalue weighted by Gasteiger charge is 2.00. The minimum absolute atomic E-state index is 0.139. The van der Waals surface area contributed by atoms with E-state index in [1.807, 2.05) is 12.1 Å². The van der Waals surface area contributed by atoms with Crippen LogP contribution in [0, 0.1) is 0 Å². The summed E-state index contributed by atoms with van der Waals surface area (Å²) >= 11 is -0.139. The molecule has 18 heavy (non-hydrogen) atoms.